The predicted molar refractivity (Wildman–Crippen MR) is 48.9 cm³/mol. The Hall–Kier alpha value is -0.570. The lowest BCUT2D eigenvalue weighted by Gasteiger charge is -2.18. The average Bonchev–Trinajstić information content (AvgIpc) is 2.02. The van der Waals surface area contributed by atoms with E-state index in [-0.39, 0.29) is 18.1 Å². The van der Waals surface area contributed by atoms with Crippen LogP contribution >= 0.6 is 0 Å². The Morgan fingerprint density at radius 2 is 1.75 bits per heavy atom. The highest BCUT2D eigenvalue weighted by Gasteiger charge is 2.17. The number of likely N-dealkylation sites (N-methyl/N-ethyl adjacent to an activating group) is 1. The molecule has 12 heavy (non-hydrogen) atoms. The highest BCUT2D eigenvalue weighted by molar-refractivity contribution is 5.75. The topological polar surface area (TPSA) is 38.3 Å². The molecule has 0 aromatic heterocycles. The molecule has 2 atom stereocenters. The quantitative estimate of drug-likeness (QED) is 0.649. The SMILES string of the molecule is CNC(C)C(=O)OC(C)C(C)C. The normalized spacial score (nSPS) is 15.8. The molecule has 0 radical (unpaired) electrons. The first-order valence-electron chi connectivity index (χ1n) is 4.36. The maximum absolute atomic E-state index is 11.2. The summed E-state index contributed by atoms with van der Waals surface area (Å²) in [5.74, 6) is 0.191. The fraction of sp³-hybridized carbons (Fsp3) is 0.889. The molecule has 0 bridgehead atoms. The number of ether oxygens (including phenoxy) is 1. The van der Waals surface area contributed by atoms with Crippen LogP contribution in [0, 0.1) is 5.92 Å². The summed E-state index contributed by atoms with van der Waals surface area (Å²) in [5.41, 5.74) is 0. The zero-order valence-corrected chi connectivity index (χ0v) is 8.55. The van der Waals surface area contributed by atoms with E-state index in [2.05, 4.69) is 5.32 Å². The molecule has 72 valence electrons. The monoisotopic (exact) mass is 173 g/mol. The molecule has 0 saturated heterocycles. The largest absolute Gasteiger partial charge is 0.461 e. The van der Waals surface area contributed by atoms with Gasteiger partial charge in [-0.1, -0.05) is 13.8 Å². The van der Waals surface area contributed by atoms with Crippen LogP contribution in [0.3, 0.4) is 0 Å². The predicted octanol–water partition coefficient (Wildman–Crippen LogP) is 1.18. The van der Waals surface area contributed by atoms with Gasteiger partial charge in [0.15, 0.2) is 0 Å². The molecule has 3 nitrogen and oxygen atoms in total. The van der Waals surface area contributed by atoms with Gasteiger partial charge in [-0.2, -0.15) is 0 Å². The van der Waals surface area contributed by atoms with Crippen LogP contribution in [0.4, 0.5) is 0 Å². The molecule has 0 saturated carbocycles. The van der Waals surface area contributed by atoms with Gasteiger partial charge in [-0.25, -0.2) is 0 Å². The van der Waals surface area contributed by atoms with Crippen molar-refractivity contribution >= 4 is 5.97 Å². The lowest BCUT2D eigenvalue weighted by atomic mass is 10.1. The van der Waals surface area contributed by atoms with Gasteiger partial charge in [-0.3, -0.25) is 4.79 Å². The molecule has 0 aromatic rings. The second kappa shape index (κ2) is 5.14. The van der Waals surface area contributed by atoms with Crippen LogP contribution in [-0.2, 0) is 9.53 Å². The van der Waals surface area contributed by atoms with Crippen molar-refractivity contribution in [2.75, 3.05) is 7.05 Å². The van der Waals surface area contributed by atoms with Gasteiger partial charge in [0.1, 0.15) is 12.1 Å². The third-order valence-electron chi connectivity index (χ3n) is 2.03. The maximum atomic E-state index is 11.2. The summed E-state index contributed by atoms with van der Waals surface area (Å²) in [6.07, 6.45) is -0.00620. The Balaban J connectivity index is 3.84. The van der Waals surface area contributed by atoms with Crippen molar-refractivity contribution in [2.45, 2.75) is 39.8 Å². The first-order valence-corrected chi connectivity index (χ1v) is 4.36. The van der Waals surface area contributed by atoms with Crippen LogP contribution in [0.15, 0.2) is 0 Å². The van der Waals surface area contributed by atoms with E-state index in [4.69, 9.17) is 4.74 Å². The molecule has 3 heteroatoms. The molecule has 0 amide bonds. The number of esters is 1. The number of carbonyl (C=O) groups excluding carboxylic acids is 1. The van der Waals surface area contributed by atoms with Crippen molar-refractivity contribution < 1.29 is 9.53 Å². The van der Waals surface area contributed by atoms with Gasteiger partial charge < -0.3 is 10.1 Å². The summed E-state index contributed by atoms with van der Waals surface area (Å²) in [7, 11) is 1.74. The number of hydrogen-bond donors (Lipinski definition) is 1. The summed E-state index contributed by atoms with van der Waals surface area (Å²) in [4.78, 5) is 11.2. The fourth-order valence-electron chi connectivity index (χ4n) is 0.539. The van der Waals surface area contributed by atoms with Gasteiger partial charge in [-0.05, 0) is 26.8 Å². The van der Waals surface area contributed by atoms with Gasteiger partial charge in [0.2, 0.25) is 0 Å². The van der Waals surface area contributed by atoms with Crippen LogP contribution in [0.2, 0.25) is 0 Å². The molecule has 0 aliphatic heterocycles. The number of carbonyl (C=O) groups is 1. The summed E-state index contributed by atoms with van der Waals surface area (Å²) >= 11 is 0. The second-order valence-corrected chi connectivity index (χ2v) is 3.40. The van der Waals surface area contributed by atoms with E-state index in [0.29, 0.717) is 5.92 Å². The Labute approximate surface area is 74.5 Å². The van der Waals surface area contributed by atoms with Gasteiger partial charge >= 0.3 is 5.97 Å². The van der Waals surface area contributed by atoms with Gasteiger partial charge in [0, 0.05) is 0 Å². The van der Waals surface area contributed by atoms with Crippen LogP contribution in [0.1, 0.15) is 27.7 Å². The minimum absolute atomic E-state index is 0.00620. The standard InChI is InChI=1S/C9H19NO2/c1-6(2)8(4)12-9(11)7(3)10-5/h6-8,10H,1-5H3. The fourth-order valence-corrected chi connectivity index (χ4v) is 0.539. The molecule has 0 aliphatic rings. The van der Waals surface area contributed by atoms with E-state index in [1.165, 1.54) is 0 Å². The Morgan fingerprint density at radius 1 is 1.25 bits per heavy atom. The first kappa shape index (κ1) is 11.4. The van der Waals surface area contributed by atoms with Crippen LogP contribution in [0.25, 0.3) is 0 Å². The van der Waals surface area contributed by atoms with Gasteiger partial charge in [-0.15, -0.1) is 0 Å². The lowest BCUT2D eigenvalue weighted by molar-refractivity contribution is -0.152. The van der Waals surface area contributed by atoms with Crippen LogP contribution in [-0.4, -0.2) is 25.2 Å². The molecule has 0 fully saturated rings. The van der Waals surface area contributed by atoms with E-state index in [9.17, 15) is 4.79 Å². The minimum atomic E-state index is -0.216. The Bertz CT molecular complexity index is 145. The van der Waals surface area contributed by atoms with Crippen molar-refractivity contribution in [3.8, 4) is 0 Å². The second-order valence-electron chi connectivity index (χ2n) is 3.40. The lowest BCUT2D eigenvalue weighted by Crippen LogP contribution is -2.35. The molecule has 0 aromatic carbocycles. The molecule has 0 aliphatic carbocycles. The molecule has 0 heterocycles. The highest BCUT2D eigenvalue weighted by atomic mass is 16.5. The summed E-state index contributed by atoms with van der Waals surface area (Å²) in [6, 6.07) is -0.216. The van der Waals surface area contributed by atoms with E-state index >= 15 is 0 Å². The first-order chi connectivity index (χ1) is 5.49. The summed E-state index contributed by atoms with van der Waals surface area (Å²) < 4.78 is 5.16. The molecule has 2 unspecified atom stereocenters. The maximum Gasteiger partial charge on any atom is 0.323 e. The van der Waals surface area contributed by atoms with E-state index in [0.717, 1.165) is 0 Å². The van der Waals surface area contributed by atoms with Crippen LogP contribution in [0.5, 0.6) is 0 Å². The van der Waals surface area contributed by atoms with E-state index in [1.807, 2.05) is 20.8 Å². The van der Waals surface area contributed by atoms with Gasteiger partial charge in [0.25, 0.3) is 0 Å². The third kappa shape index (κ3) is 3.72. The molecule has 0 spiro atoms. The van der Waals surface area contributed by atoms with Crippen molar-refractivity contribution in [3.05, 3.63) is 0 Å². The molecule has 1 N–H and O–H groups in total. The summed E-state index contributed by atoms with van der Waals surface area (Å²) in [6.45, 7) is 7.75. The highest BCUT2D eigenvalue weighted by Crippen LogP contribution is 2.06. The van der Waals surface area contributed by atoms with Crippen molar-refractivity contribution in [1.82, 2.24) is 5.32 Å². The smallest absolute Gasteiger partial charge is 0.323 e. The molecular formula is C9H19NO2. The Morgan fingerprint density at radius 3 is 2.08 bits per heavy atom. The summed E-state index contributed by atoms with van der Waals surface area (Å²) in [5, 5.41) is 2.83. The van der Waals surface area contributed by atoms with Crippen molar-refractivity contribution in [3.63, 3.8) is 0 Å². The van der Waals surface area contributed by atoms with Crippen LogP contribution < -0.4 is 5.32 Å². The van der Waals surface area contributed by atoms with Crippen molar-refractivity contribution in [2.24, 2.45) is 5.92 Å². The average molecular weight is 173 g/mol. The zero-order chi connectivity index (χ0) is 9.72. The molecule has 0 rings (SSSR count). The number of nitrogens with one attached hydrogen (secondary N) is 1. The Kier molecular flexibility index (Phi) is 4.90. The van der Waals surface area contributed by atoms with E-state index in [1.54, 1.807) is 14.0 Å². The third-order valence-corrected chi connectivity index (χ3v) is 2.03. The van der Waals surface area contributed by atoms with E-state index < -0.39 is 0 Å². The molecular weight excluding hydrogens is 154 g/mol. The minimum Gasteiger partial charge on any atom is -0.461 e. The van der Waals surface area contributed by atoms with Crippen molar-refractivity contribution in [1.29, 1.82) is 0 Å². The number of rotatable bonds is 4. The zero-order valence-electron chi connectivity index (χ0n) is 8.55. The number of hydrogen-bond acceptors (Lipinski definition) is 3. The van der Waals surface area contributed by atoms with Gasteiger partial charge in [0.05, 0.1) is 0 Å².